The summed E-state index contributed by atoms with van der Waals surface area (Å²) in [5.74, 6) is 0.0701. The molecule has 0 aliphatic carbocycles. The van der Waals surface area contributed by atoms with Crippen LogP contribution in [0.15, 0.2) is 29.1 Å². The number of rotatable bonds is 1. The van der Waals surface area contributed by atoms with Gasteiger partial charge in [-0.15, -0.1) is 0 Å². The van der Waals surface area contributed by atoms with Crippen molar-refractivity contribution in [2.75, 3.05) is 0 Å². The second-order valence-corrected chi connectivity index (χ2v) is 3.95. The van der Waals surface area contributed by atoms with Gasteiger partial charge in [-0.2, -0.15) is 0 Å². The van der Waals surface area contributed by atoms with E-state index in [1.807, 2.05) is 0 Å². The molecule has 0 radical (unpaired) electrons. The Morgan fingerprint density at radius 3 is 3.00 bits per heavy atom. The third kappa shape index (κ3) is 1.74. The van der Waals surface area contributed by atoms with Gasteiger partial charge < -0.3 is 10.3 Å². The maximum Gasteiger partial charge on any atom is 0.255 e. The highest BCUT2D eigenvalue weighted by atomic mass is 19.1. The Labute approximate surface area is 96.5 Å². The number of aromatic amines is 1. The molecule has 2 heterocycles. The predicted molar refractivity (Wildman–Crippen MR) is 60.8 cm³/mol. The van der Waals surface area contributed by atoms with Gasteiger partial charge in [0.2, 0.25) is 0 Å². The smallest absolute Gasteiger partial charge is 0.255 e. The summed E-state index contributed by atoms with van der Waals surface area (Å²) in [7, 11) is 0. The number of nitrogens with one attached hydrogen (secondary N) is 2. The first-order valence-electron chi connectivity index (χ1n) is 5.33. The molecular weight excluding hydrogens is 221 g/mol. The molecule has 1 aromatic heterocycles. The zero-order valence-electron chi connectivity index (χ0n) is 8.96. The molecule has 0 atom stereocenters. The van der Waals surface area contributed by atoms with Crippen molar-refractivity contribution in [3.05, 3.63) is 51.7 Å². The average Bonchev–Trinajstić information content (AvgIpc) is 2.77. The SMILES string of the molecule is O=c1[nH]c(-c2cccc(F)c2)nc2c1CNC2. The average molecular weight is 231 g/mol. The van der Waals surface area contributed by atoms with Gasteiger partial charge in [-0.1, -0.05) is 12.1 Å². The van der Waals surface area contributed by atoms with Gasteiger partial charge in [0.25, 0.3) is 5.56 Å². The van der Waals surface area contributed by atoms with E-state index in [4.69, 9.17) is 0 Å². The molecule has 2 aromatic rings. The van der Waals surface area contributed by atoms with Gasteiger partial charge in [-0.25, -0.2) is 9.37 Å². The van der Waals surface area contributed by atoms with Crippen LogP contribution >= 0.6 is 0 Å². The van der Waals surface area contributed by atoms with Crippen LogP contribution in [0.5, 0.6) is 0 Å². The summed E-state index contributed by atoms with van der Waals surface area (Å²) in [4.78, 5) is 18.8. The number of aromatic nitrogens is 2. The normalized spacial score (nSPS) is 13.7. The lowest BCUT2D eigenvalue weighted by atomic mass is 10.2. The van der Waals surface area contributed by atoms with Gasteiger partial charge in [0.1, 0.15) is 11.6 Å². The number of H-pyrrole nitrogens is 1. The quantitative estimate of drug-likeness (QED) is 0.774. The molecule has 0 saturated heterocycles. The van der Waals surface area contributed by atoms with Crippen molar-refractivity contribution < 1.29 is 4.39 Å². The molecule has 86 valence electrons. The third-order valence-corrected chi connectivity index (χ3v) is 2.79. The second-order valence-electron chi connectivity index (χ2n) is 3.95. The molecule has 0 amide bonds. The van der Waals surface area contributed by atoms with E-state index < -0.39 is 0 Å². The van der Waals surface area contributed by atoms with E-state index in [9.17, 15) is 9.18 Å². The third-order valence-electron chi connectivity index (χ3n) is 2.79. The number of hydrogen-bond donors (Lipinski definition) is 2. The van der Waals surface area contributed by atoms with Crippen LogP contribution in [0.4, 0.5) is 4.39 Å². The molecule has 1 aliphatic heterocycles. The van der Waals surface area contributed by atoms with Crippen LogP contribution in [0.25, 0.3) is 11.4 Å². The van der Waals surface area contributed by atoms with Crippen molar-refractivity contribution in [3.63, 3.8) is 0 Å². The molecule has 0 saturated carbocycles. The van der Waals surface area contributed by atoms with Crippen molar-refractivity contribution in [2.45, 2.75) is 13.1 Å². The van der Waals surface area contributed by atoms with Crippen LogP contribution in [0.1, 0.15) is 11.3 Å². The highest BCUT2D eigenvalue weighted by molar-refractivity contribution is 5.55. The Hall–Kier alpha value is -2.01. The molecule has 0 fully saturated rings. The summed E-state index contributed by atoms with van der Waals surface area (Å²) in [5, 5.41) is 3.06. The lowest BCUT2D eigenvalue weighted by Gasteiger charge is -2.03. The number of hydrogen-bond acceptors (Lipinski definition) is 3. The highest BCUT2D eigenvalue weighted by Crippen LogP contribution is 2.17. The number of fused-ring (bicyclic) bond motifs is 1. The summed E-state index contributed by atoms with van der Waals surface area (Å²) < 4.78 is 13.1. The monoisotopic (exact) mass is 231 g/mol. The Morgan fingerprint density at radius 1 is 1.29 bits per heavy atom. The summed E-state index contributed by atoms with van der Waals surface area (Å²) in [6, 6.07) is 6.02. The molecule has 0 spiro atoms. The van der Waals surface area contributed by atoms with E-state index >= 15 is 0 Å². The van der Waals surface area contributed by atoms with Gasteiger partial charge in [0.15, 0.2) is 0 Å². The van der Waals surface area contributed by atoms with E-state index in [2.05, 4.69) is 15.3 Å². The van der Waals surface area contributed by atoms with E-state index in [0.717, 1.165) is 5.69 Å². The van der Waals surface area contributed by atoms with E-state index in [1.165, 1.54) is 12.1 Å². The topological polar surface area (TPSA) is 57.8 Å². The first-order chi connectivity index (χ1) is 8.24. The fourth-order valence-corrected chi connectivity index (χ4v) is 1.95. The minimum atomic E-state index is -0.344. The maximum absolute atomic E-state index is 13.1. The summed E-state index contributed by atoms with van der Waals surface area (Å²) in [6.07, 6.45) is 0. The fourth-order valence-electron chi connectivity index (χ4n) is 1.95. The van der Waals surface area contributed by atoms with Crippen molar-refractivity contribution >= 4 is 0 Å². The van der Waals surface area contributed by atoms with Gasteiger partial charge in [-0.05, 0) is 12.1 Å². The Balaban J connectivity index is 2.16. The lowest BCUT2D eigenvalue weighted by molar-refractivity contribution is 0.628. The largest absolute Gasteiger partial charge is 0.307 e. The van der Waals surface area contributed by atoms with Crippen molar-refractivity contribution in [3.8, 4) is 11.4 Å². The number of halogens is 1. The predicted octanol–water partition coefficient (Wildman–Crippen LogP) is 1.18. The van der Waals surface area contributed by atoms with Crippen LogP contribution in [0.2, 0.25) is 0 Å². The summed E-state index contributed by atoms with van der Waals surface area (Å²) in [5.41, 5.74) is 1.84. The molecule has 17 heavy (non-hydrogen) atoms. The van der Waals surface area contributed by atoms with Gasteiger partial charge in [-0.3, -0.25) is 4.79 Å². The minimum absolute atomic E-state index is 0.153. The van der Waals surface area contributed by atoms with Crippen molar-refractivity contribution in [1.82, 2.24) is 15.3 Å². The zero-order chi connectivity index (χ0) is 11.8. The second kappa shape index (κ2) is 3.78. The van der Waals surface area contributed by atoms with Crippen LogP contribution in [-0.4, -0.2) is 9.97 Å². The molecule has 4 nitrogen and oxygen atoms in total. The lowest BCUT2D eigenvalue weighted by Crippen LogP contribution is -2.15. The zero-order valence-corrected chi connectivity index (χ0v) is 8.96. The van der Waals surface area contributed by atoms with E-state index in [-0.39, 0.29) is 11.4 Å². The Morgan fingerprint density at radius 2 is 2.18 bits per heavy atom. The molecular formula is C12H10FN3O. The number of nitrogens with zero attached hydrogens (tertiary/aromatic N) is 1. The number of benzene rings is 1. The van der Waals surface area contributed by atoms with Gasteiger partial charge in [0.05, 0.1) is 11.3 Å². The van der Waals surface area contributed by atoms with Crippen LogP contribution in [-0.2, 0) is 13.1 Å². The Kier molecular flexibility index (Phi) is 2.26. The fraction of sp³-hybridized carbons (Fsp3) is 0.167. The maximum atomic E-state index is 13.1. The molecule has 5 heteroatoms. The summed E-state index contributed by atoms with van der Waals surface area (Å²) >= 11 is 0. The first kappa shape index (κ1) is 10.2. The standard InChI is InChI=1S/C12H10FN3O/c13-8-3-1-2-7(4-8)11-15-10-6-14-5-9(10)12(17)16-11/h1-4,14H,5-6H2,(H,15,16,17). The summed E-state index contributed by atoms with van der Waals surface area (Å²) in [6.45, 7) is 1.13. The van der Waals surface area contributed by atoms with Crippen molar-refractivity contribution in [1.29, 1.82) is 0 Å². The first-order valence-corrected chi connectivity index (χ1v) is 5.33. The molecule has 1 aromatic carbocycles. The Bertz CT molecular complexity index is 636. The van der Waals surface area contributed by atoms with Crippen molar-refractivity contribution in [2.24, 2.45) is 0 Å². The molecule has 1 aliphatic rings. The van der Waals surface area contributed by atoms with Gasteiger partial charge in [0, 0.05) is 18.7 Å². The van der Waals surface area contributed by atoms with E-state index in [1.54, 1.807) is 12.1 Å². The van der Waals surface area contributed by atoms with Crippen LogP contribution < -0.4 is 10.9 Å². The highest BCUT2D eigenvalue weighted by Gasteiger charge is 2.17. The van der Waals surface area contributed by atoms with Crippen LogP contribution in [0, 0.1) is 5.82 Å². The van der Waals surface area contributed by atoms with Gasteiger partial charge >= 0.3 is 0 Å². The molecule has 2 N–H and O–H groups in total. The molecule has 0 bridgehead atoms. The van der Waals surface area contributed by atoms with Crippen LogP contribution in [0.3, 0.4) is 0 Å². The van der Waals surface area contributed by atoms with E-state index in [0.29, 0.717) is 30.0 Å². The minimum Gasteiger partial charge on any atom is -0.307 e. The molecule has 3 rings (SSSR count). The molecule has 0 unspecified atom stereocenters.